The first kappa shape index (κ1) is 20.3. The monoisotopic (exact) mass is 434 g/mol. The van der Waals surface area contributed by atoms with Crippen LogP contribution in [-0.4, -0.2) is 21.7 Å². The Morgan fingerprint density at radius 1 is 0.968 bits per heavy atom. The predicted molar refractivity (Wildman–Crippen MR) is 116 cm³/mol. The van der Waals surface area contributed by atoms with Gasteiger partial charge in [-0.2, -0.15) is 0 Å². The van der Waals surface area contributed by atoms with Crippen LogP contribution in [0.15, 0.2) is 84.4 Å². The summed E-state index contributed by atoms with van der Waals surface area (Å²) in [6.45, 7) is 0. The fraction of sp³-hybridized carbons (Fsp3) is 0.0435. The zero-order chi connectivity index (χ0) is 22.1. The maximum atomic E-state index is 13.0. The van der Waals surface area contributed by atoms with Crippen LogP contribution >= 0.6 is 11.6 Å². The van der Waals surface area contributed by atoms with Gasteiger partial charge < -0.3 is 5.11 Å². The van der Waals surface area contributed by atoms with Crippen molar-refractivity contribution in [2.75, 3.05) is 4.90 Å². The number of Topliss-reactive ketones (excluding diaryl/α,β-unsaturated/α-hetero) is 1. The van der Waals surface area contributed by atoms with Crippen molar-refractivity contribution in [2.45, 2.75) is 6.04 Å². The van der Waals surface area contributed by atoms with E-state index in [-0.39, 0.29) is 17.0 Å². The van der Waals surface area contributed by atoms with Crippen LogP contribution in [0.5, 0.6) is 0 Å². The molecule has 1 aliphatic heterocycles. The van der Waals surface area contributed by atoms with Crippen molar-refractivity contribution in [2.24, 2.45) is 0 Å². The highest BCUT2D eigenvalue weighted by Gasteiger charge is 2.47. The number of rotatable bonds is 4. The average molecular weight is 435 g/mol. The number of carbonyl (C=O) groups is 2. The number of benzene rings is 3. The summed E-state index contributed by atoms with van der Waals surface area (Å²) >= 11 is 5.91. The molecule has 1 atom stereocenters. The second-order valence-electron chi connectivity index (χ2n) is 6.86. The number of nitro benzene ring substituents is 1. The van der Waals surface area contributed by atoms with E-state index in [9.17, 15) is 24.8 Å². The Morgan fingerprint density at radius 3 is 2.29 bits per heavy atom. The summed E-state index contributed by atoms with van der Waals surface area (Å²) in [5.41, 5.74) is 0.703. The molecular weight excluding hydrogens is 420 g/mol. The van der Waals surface area contributed by atoms with Gasteiger partial charge >= 0.3 is 0 Å². The van der Waals surface area contributed by atoms with Crippen LogP contribution in [0.25, 0.3) is 5.76 Å². The SMILES string of the molecule is O=C1C(=O)N(c2ccccc2)C(c2cccc([N+](=O)[O-])c2)/C1=C(/O)c1ccc(Cl)cc1. The van der Waals surface area contributed by atoms with Crippen molar-refractivity contribution < 1.29 is 19.6 Å². The maximum absolute atomic E-state index is 13.0. The third-order valence-corrected chi connectivity index (χ3v) is 5.25. The van der Waals surface area contributed by atoms with Crippen molar-refractivity contribution in [3.63, 3.8) is 0 Å². The summed E-state index contributed by atoms with van der Waals surface area (Å²) < 4.78 is 0. The van der Waals surface area contributed by atoms with Gasteiger partial charge in [0.2, 0.25) is 0 Å². The summed E-state index contributed by atoms with van der Waals surface area (Å²) in [6, 6.07) is 19.2. The summed E-state index contributed by atoms with van der Waals surface area (Å²) in [5.74, 6) is -2.10. The number of halogens is 1. The first-order valence-corrected chi connectivity index (χ1v) is 9.62. The third kappa shape index (κ3) is 3.67. The molecule has 3 aromatic rings. The van der Waals surface area contributed by atoms with E-state index >= 15 is 0 Å². The van der Waals surface area contributed by atoms with E-state index in [1.165, 1.54) is 35.2 Å². The smallest absolute Gasteiger partial charge is 0.300 e. The Labute approximate surface area is 182 Å². The lowest BCUT2D eigenvalue weighted by atomic mass is 9.95. The van der Waals surface area contributed by atoms with Crippen molar-refractivity contribution in [3.8, 4) is 0 Å². The molecule has 154 valence electrons. The minimum atomic E-state index is -1.04. The standard InChI is InChI=1S/C23H15ClN2O5/c24-16-11-9-14(10-12-16)21(27)19-20(15-5-4-8-18(13-15)26(30)31)25(23(29)22(19)28)17-6-2-1-3-7-17/h1-13,20,27H/b21-19-. The number of hydrogen-bond donors (Lipinski definition) is 1. The molecule has 8 heteroatoms. The molecule has 1 fully saturated rings. The number of ketones is 1. The molecule has 1 unspecified atom stereocenters. The van der Waals surface area contributed by atoms with Crippen LogP contribution < -0.4 is 4.90 Å². The van der Waals surface area contributed by atoms with Crippen molar-refractivity contribution in [1.82, 2.24) is 0 Å². The molecule has 3 aromatic carbocycles. The van der Waals surface area contributed by atoms with Gasteiger partial charge in [-0.3, -0.25) is 24.6 Å². The van der Waals surface area contributed by atoms with Crippen molar-refractivity contribution in [3.05, 3.63) is 111 Å². The van der Waals surface area contributed by atoms with Crippen LogP contribution in [0.3, 0.4) is 0 Å². The number of aliphatic hydroxyl groups is 1. The zero-order valence-corrected chi connectivity index (χ0v) is 16.7. The Kier molecular flexibility index (Phi) is 5.27. The molecule has 7 nitrogen and oxygen atoms in total. The van der Waals surface area contributed by atoms with Crippen molar-refractivity contribution >= 4 is 40.4 Å². The molecule has 1 amide bonds. The minimum absolute atomic E-state index is 0.156. The summed E-state index contributed by atoms with van der Waals surface area (Å²) in [6.07, 6.45) is 0. The van der Waals surface area contributed by atoms with Crippen LogP contribution in [0.2, 0.25) is 5.02 Å². The van der Waals surface area contributed by atoms with Crippen LogP contribution in [0.1, 0.15) is 17.2 Å². The number of nitrogens with zero attached hydrogens (tertiary/aromatic N) is 2. The fourth-order valence-electron chi connectivity index (χ4n) is 3.57. The molecule has 0 saturated carbocycles. The van der Waals surface area contributed by atoms with Crippen molar-refractivity contribution in [1.29, 1.82) is 0 Å². The molecule has 1 aliphatic rings. The van der Waals surface area contributed by atoms with Gasteiger partial charge in [0.15, 0.2) is 0 Å². The van der Waals surface area contributed by atoms with Crippen LogP contribution in [0.4, 0.5) is 11.4 Å². The fourth-order valence-corrected chi connectivity index (χ4v) is 3.70. The molecule has 0 aliphatic carbocycles. The number of non-ortho nitro benzene ring substituents is 1. The molecule has 0 spiro atoms. The van der Waals surface area contributed by atoms with Gasteiger partial charge in [-0.25, -0.2) is 0 Å². The van der Waals surface area contributed by atoms with Gasteiger partial charge in [-0.15, -0.1) is 0 Å². The molecule has 0 bridgehead atoms. The highest BCUT2D eigenvalue weighted by atomic mass is 35.5. The Bertz CT molecular complexity index is 1220. The van der Waals surface area contributed by atoms with E-state index in [1.54, 1.807) is 48.5 Å². The summed E-state index contributed by atoms with van der Waals surface area (Å²) in [5, 5.41) is 22.7. The molecule has 0 radical (unpaired) electrons. The van der Waals surface area contributed by atoms with Gasteiger partial charge in [0.1, 0.15) is 5.76 Å². The quantitative estimate of drug-likeness (QED) is 0.207. The number of aliphatic hydroxyl groups excluding tert-OH is 1. The van der Waals surface area contributed by atoms with Gasteiger partial charge in [-0.1, -0.05) is 41.9 Å². The zero-order valence-electron chi connectivity index (χ0n) is 15.9. The highest BCUT2D eigenvalue weighted by Crippen LogP contribution is 2.42. The van der Waals surface area contributed by atoms with E-state index in [0.29, 0.717) is 21.8 Å². The first-order valence-electron chi connectivity index (χ1n) is 9.25. The van der Waals surface area contributed by atoms with Crippen LogP contribution in [-0.2, 0) is 9.59 Å². The van der Waals surface area contributed by atoms with E-state index in [4.69, 9.17) is 11.6 Å². The number of hydrogen-bond acceptors (Lipinski definition) is 5. The Hall–Kier alpha value is -3.97. The lowest BCUT2D eigenvalue weighted by molar-refractivity contribution is -0.384. The third-order valence-electron chi connectivity index (χ3n) is 4.99. The maximum Gasteiger partial charge on any atom is 0.300 e. The minimum Gasteiger partial charge on any atom is -0.507 e. The lowest BCUT2D eigenvalue weighted by Crippen LogP contribution is -2.29. The molecule has 1 N–H and O–H groups in total. The summed E-state index contributed by atoms with van der Waals surface area (Å²) in [7, 11) is 0. The second-order valence-corrected chi connectivity index (χ2v) is 7.30. The van der Waals surface area contributed by atoms with E-state index < -0.39 is 22.7 Å². The molecule has 1 heterocycles. The number of para-hydroxylation sites is 1. The van der Waals surface area contributed by atoms with E-state index in [2.05, 4.69) is 0 Å². The molecule has 31 heavy (non-hydrogen) atoms. The predicted octanol–water partition coefficient (Wildman–Crippen LogP) is 4.87. The number of anilines is 1. The Balaban J connectivity index is 1.96. The average Bonchev–Trinajstić information content (AvgIpc) is 3.05. The van der Waals surface area contributed by atoms with E-state index in [1.807, 2.05) is 0 Å². The Morgan fingerprint density at radius 2 is 1.65 bits per heavy atom. The number of carbonyl (C=O) groups excluding carboxylic acids is 2. The largest absolute Gasteiger partial charge is 0.507 e. The van der Waals surface area contributed by atoms with Gasteiger partial charge in [0.05, 0.1) is 16.5 Å². The van der Waals surface area contributed by atoms with E-state index in [0.717, 1.165) is 0 Å². The van der Waals surface area contributed by atoms with Gasteiger partial charge in [-0.05, 0) is 42.0 Å². The topological polar surface area (TPSA) is 101 Å². The first-order chi connectivity index (χ1) is 14.9. The normalized spacial score (nSPS) is 17.7. The molecular formula is C23H15ClN2O5. The lowest BCUT2D eigenvalue weighted by Gasteiger charge is -2.25. The second kappa shape index (κ2) is 8.04. The van der Waals surface area contributed by atoms with Gasteiger partial charge in [0.25, 0.3) is 17.4 Å². The molecule has 0 aromatic heterocycles. The number of amides is 1. The molecule has 4 rings (SSSR count). The highest BCUT2D eigenvalue weighted by molar-refractivity contribution is 6.51. The van der Waals surface area contributed by atoms with Gasteiger partial charge in [0, 0.05) is 28.4 Å². The number of nitro groups is 1. The summed E-state index contributed by atoms with van der Waals surface area (Å²) in [4.78, 5) is 38.0. The van der Waals surface area contributed by atoms with Crippen LogP contribution in [0, 0.1) is 10.1 Å². The molecule has 1 saturated heterocycles.